The fourth-order valence-electron chi connectivity index (χ4n) is 7.37. The average Bonchev–Trinajstić information content (AvgIpc) is 3.00. The lowest BCUT2D eigenvalue weighted by Gasteiger charge is -2.33. The minimum absolute atomic E-state index is 0.0825. The lowest BCUT2D eigenvalue weighted by Crippen LogP contribution is -2.37. The minimum Gasteiger partial charge on any atom is -0.432 e. The summed E-state index contributed by atoms with van der Waals surface area (Å²) < 4.78 is 131. The summed E-state index contributed by atoms with van der Waals surface area (Å²) >= 11 is 0. The Kier molecular flexibility index (Phi) is 10.9. The second kappa shape index (κ2) is 14.5. The van der Waals surface area contributed by atoms with Crippen LogP contribution in [0.5, 0.6) is 5.75 Å². The maximum atomic E-state index is 15.3. The number of ether oxygens (including phenoxy) is 1. The summed E-state index contributed by atoms with van der Waals surface area (Å²) in [6.07, 6.45) is 0.141. The summed E-state index contributed by atoms with van der Waals surface area (Å²) in [4.78, 5) is 0. The third-order valence-electron chi connectivity index (χ3n) is 10.0. The molecule has 0 aromatic heterocycles. The van der Waals surface area contributed by atoms with E-state index in [1.807, 2.05) is 6.07 Å². The van der Waals surface area contributed by atoms with Gasteiger partial charge in [0.1, 0.15) is 34.6 Å². The van der Waals surface area contributed by atoms with E-state index < -0.39 is 58.7 Å². The van der Waals surface area contributed by atoms with Gasteiger partial charge in [0.15, 0.2) is 0 Å². The van der Waals surface area contributed by atoms with Crippen molar-refractivity contribution in [1.82, 2.24) is 0 Å². The van der Waals surface area contributed by atoms with Gasteiger partial charge < -0.3 is 4.74 Å². The monoisotopic (exact) mass is 670 g/mol. The highest BCUT2D eigenvalue weighted by atomic mass is 19.4. The van der Waals surface area contributed by atoms with Gasteiger partial charge in [-0.05, 0) is 97.9 Å². The Hall–Kier alpha value is -3.17. The fourth-order valence-corrected chi connectivity index (χ4v) is 7.37. The summed E-state index contributed by atoms with van der Waals surface area (Å²) in [6.45, 7) is 2.20. The zero-order valence-electron chi connectivity index (χ0n) is 26.2. The first-order valence-electron chi connectivity index (χ1n) is 16.5. The van der Waals surface area contributed by atoms with Crippen molar-refractivity contribution in [3.63, 3.8) is 0 Å². The molecule has 0 amide bonds. The van der Waals surface area contributed by atoms with Gasteiger partial charge in [0.25, 0.3) is 0 Å². The van der Waals surface area contributed by atoms with Crippen LogP contribution in [0, 0.1) is 35.1 Å². The summed E-state index contributed by atoms with van der Waals surface area (Å²) in [5.74, 6) is -6.93. The molecule has 0 saturated heterocycles. The molecule has 0 unspecified atom stereocenters. The summed E-state index contributed by atoms with van der Waals surface area (Å²) in [5, 5.41) is 0. The number of alkyl halides is 5. The van der Waals surface area contributed by atoms with Gasteiger partial charge >= 0.3 is 12.3 Å². The standard InChI is InChI=1S/C37H39F9O/c1-2-3-4-5-22-6-8-23(9-7-22)25-12-16-30(31(38)18-25)26-13-17-29(32(39)19-26)24-10-14-27(15-11-24)37(45,46)47-28-20-33(40)35(34(41)21-28)36(42,43)44/h12-13,16-24,27H,2-11,14-15H2,1H3. The van der Waals surface area contributed by atoms with Gasteiger partial charge in [0.05, 0.1) is 5.92 Å². The van der Waals surface area contributed by atoms with Crippen LogP contribution in [-0.4, -0.2) is 6.11 Å². The lowest BCUT2D eigenvalue weighted by molar-refractivity contribution is -0.222. The molecule has 0 aliphatic heterocycles. The molecule has 0 atom stereocenters. The van der Waals surface area contributed by atoms with Gasteiger partial charge in [0.2, 0.25) is 0 Å². The molecule has 3 aromatic carbocycles. The number of halogens is 9. The van der Waals surface area contributed by atoms with Gasteiger partial charge in [-0.15, -0.1) is 0 Å². The Bertz CT molecular complexity index is 1490. The van der Waals surface area contributed by atoms with Gasteiger partial charge in [-0.1, -0.05) is 56.9 Å². The SMILES string of the molecule is CCCCCC1CCC(c2ccc(-c3ccc(C4CCC(C(F)(F)Oc5cc(F)c(C(F)(F)F)c(F)c5)CC4)c(F)c3)c(F)c2)CC1. The van der Waals surface area contributed by atoms with E-state index in [1.165, 1.54) is 31.7 Å². The average molecular weight is 671 g/mol. The van der Waals surface area contributed by atoms with E-state index in [9.17, 15) is 30.7 Å². The van der Waals surface area contributed by atoms with E-state index in [0.29, 0.717) is 17.0 Å². The van der Waals surface area contributed by atoms with Crippen LogP contribution in [0.1, 0.15) is 112 Å². The number of hydrogen-bond acceptors (Lipinski definition) is 1. The zero-order valence-corrected chi connectivity index (χ0v) is 26.2. The van der Waals surface area contributed by atoms with E-state index in [-0.39, 0.29) is 43.4 Å². The fraction of sp³-hybridized carbons (Fsp3) is 0.514. The predicted octanol–water partition coefficient (Wildman–Crippen LogP) is 12.7. The topological polar surface area (TPSA) is 9.23 Å². The number of hydrogen-bond donors (Lipinski definition) is 0. The quantitative estimate of drug-likeness (QED) is 0.154. The molecule has 2 aliphatic carbocycles. The van der Waals surface area contributed by atoms with Gasteiger partial charge in [-0.25, -0.2) is 17.6 Å². The molecule has 256 valence electrons. The molecular weight excluding hydrogens is 631 g/mol. The predicted molar refractivity (Wildman–Crippen MR) is 162 cm³/mol. The Balaban J connectivity index is 1.18. The van der Waals surface area contributed by atoms with Crippen molar-refractivity contribution in [2.24, 2.45) is 11.8 Å². The number of benzene rings is 3. The third-order valence-corrected chi connectivity index (χ3v) is 10.0. The Morgan fingerprint density at radius 3 is 1.87 bits per heavy atom. The molecule has 5 rings (SSSR count). The van der Waals surface area contributed by atoms with E-state index in [1.54, 1.807) is 24.3 Å². The van der Waals surface area contributed by atoms with E-state index in [0.717, 1.165) is 37.2 Å². The van der Waals surface area contributed by atoms with E-state index >= 15 is 8.78 Å². The first kappa shape index (κ1) is 35.1. The maximum Gasteiger partial charge on any atom is 0.422 e. The number of unbranched alkanes of at least 4 members (excludes halogenated alkanes) is 2. The highest BCUT2D eigenvalue weighted by Crippen LogP contribution is 2.45. The van der Waals surface area contributed by atoms with Crippen LogP contribution in [0.2, 0.25) is 0 Å². The number of rotatable bonds is 10. The van der Waals surface area contributed by atoms with Crippen molar-refractivity contribution in [3.8, 4) is 16.9 Å². The summed E-state index contributed by atoms with van der Waals surface area (Å²) in [7, 11) is 0. The Morgan fingerprint density at radius 1 is 0.660 bits per heavy atom. The summed E-state index contributed by atoms with van der Waals surface area (Å²) in [6, 6.07) is 9.75. The van der Waals surface area contributed by atoms with Gasteiger partial charge in [-0.2, -0.15) is 22.0 Å². The second-order valence-corrected chi connectivity index (χ2v) is 13.2. The normalized spacial score (nSPS) is 22.3. The molecular formula is C37H39F9O. The first-order chi connectivity index (χ1) is 22.3. The Labute approximate surface area is 269 Å². The van der Waals surface area contributed by atoms with Crippen molar-refractivity contribution in [2.75, 3.05) is 0 Å². The molecule has 1 nitrogen and oxygen atoms in total. The van der Waals surface area contributed by atoms with Crippen molar-refractivity contribution in [2.45, 2.75) is 108 Å². The molecule has 47 heavy (non-hydrogen) atoms. The largest absolute Gasteiger partial charge is 0.432 e. The molecule has 2 fully saturated rings. The molecule has 10 heteroatoms. The van der Waals surface area contributed by atoms with Crippen LogP contribution >= 0.6 is 0 Å². The molecule has 0 radical (unpaired) electrons. The summed E-state index contributed by atoms with van der Waals surface area (Å²) in [5.41, 5.74) is -0.256. The first-order valence-corrected chi connectivity index (χ1v) is 16.5. The van der Waals surface area contributed by atoms with Crippen LogP contribution in [0.15, 0.2) is 48.5 Å². The highest BCUT2D eigenvalue weighted by molar-refractivity contribution is 5.65. The van der Waals surface area contributed by atoms with Crippen LogP contribution in [0.25, 0.3) is 11.1 Å². The van der Waals surface area contributed by atoms with E-state index in [2.05, 4.69) is 11.7 Å². The molecule has 0 bridgehead atoms. The molecule has 2 saturated carbocycles. The second-order valence-electron chi connectivity index (χ2n) is 13.2. The maximum absolute atomic E-state index is 15.3. The molecule has 0 heterocycles. The zero-order chi connectivity index (χ0) is 33.9. The van der Waals surface area contributed by atoms with Crippen LogP contribution in [0.4, 0.5) is 39.5 Å². The van der Waals surface area contributed by atoms with Crippen molar-refractivity contribution >= 4 is 0 Å². The molecule has 0 spiro atoms. The third kappa shape index (κ3) is 8.29. The lowest BCUT2D eigenvalue weighted by atomic mass is 9.76. The minimum atomic E-state index is -5.34. The Morgan fingerprint density at radius 2 is 1.30 bits per heavy atom. The van der Waals surface area contributed by atoms with Gasteiger partial charge in [-0.3, -0.25) is 0 Å². The van der Waals surface area contributed by atoms with Gasteiger partial charge in [0, 0.05) is 17.7 Å². The molecule has 3 aromatic rings. The van der Waals surface area contributed by atoms with Crippen LogP contribution < -0.4 is 4.74 Å². The van der Waals surface area contributed by atoms with Crippen LogP contribution in [0.3, 0.4) is 0 Å². The highest BCUT2D eigenvalue weighted by Gasteiger charge is 2.45. The van der Waals surface area contributed by atoms with Crippen LogP contribution in [-0.2, 0) is 6.18 Å². The molecule has 2 aliphatic rings. The van der Waals surface area contributed by atoms with Crippen molar-refractivity contribution in [3.05, 3.63) is 88.5 Å². The van der Waals surface area contributed by atoms with E-state index in [4.69, 9.17) is 0 Å². The molecule has 0 N–H and O–H groups in total. The van der Waals surface area contributed by atoms with Crippen molar-refractivity contribution in [1.29, 1.82) is 0 Å². The van der Waals surface area contributed by atoms with Crippen molar-refractivity contribution < 1.29 is 44.3 Å². The smallest absolute Gasteiger partial charge is 0.422 e.